The van der Waals surface area contributed by atoms with Gasteiger partial charge < -0.3 is 10.0 Å². The summed E-state index contributed by atoms with van der Waals surface area (Å²) in [5.41, 5.74) is -0.252. The van der Waals surface area contributed by atoms with Gasteiger partial charge in [-0.1, -0.05) is 40.0 Å². The van der Waals surface area contributed by atoms with Crippen LogP contribution in [0.5, 0.6) is 0 Å². The lowest BCUT2D eigenvalue weighted by Gasteiger charge is -2.33. The molecule has 1 unspecified atom stereocenters. The van der Waals surface area contributed by atoms with Crippen molar-refractivity contribution in [3.8, 4) is 0 Å². The first kappa shape index (κ1) is 15.2. The molecule has 0 bridgehead atoms. The van der Waals surface area contributed by atoms with E-state index in [2.05, 4.69) is 13.8 Å². The number of nitrogens with zero attached hydrogens (tertiary/aromatic N) is 1. The predicted octanol–water partition coefficient (Wildman–Crippen LogP) is 3.23. The topological polar surface area (TPSA) is 40.5 Å². The molecule has 1 aliphatic heterocycles. The summed E-state index contributed by atoms with van der Waals surface area (Å²) in [6.07, 6.45) is 8.36. The second-order valence-corrected chi connectivity index (χ2v) is 5.17. The fourth-order valence-corrected chi connectivity index (χ4v) is 2.47. The number of carbonyl (C=O) groups is 1. The van der Waals surface area contributed by atoms with Crippen molar-refractivity contribution >= 4 is 5.91 Å². The van der Waals surface area contributed by atoms with Gasteiger partial charge in [0.1, 0.15) is 0 Å². The Hall–Kier alpha value is -0.830. The second kappa shape index (κ2) is 6.93. The van der Waals surface area contributed by atoms with E-state index >= 15 is 0 Å². The largest absolute Gasteiger partial charge is 0.367 e. The van der Waals surface area contributed by atoms with Gasteiger partial charge in [-0.15, -0.1) is 0 Å². The number of unbranched alkanes of at least 4 members (excludes halogenated alkanes) is 3. The molecule has 104 valence electrons. The van der Waals surface area contributed by atoms with Crippen LogP contribution < -0.4 is 0 Å². The van der Waals surface area contributed by atoms with Crippen molar-refractivity contribution in [2.24, 2.45) is 0 Å². The maximum Gasteiger partial charge on any atom is 0.252 e. The highest BCUT2D eigenvalue weighted by Gasteiger charge is 2.41. The highest BCUT2D eigenvalue weighted by atomic mass is 16.3. The van der Waals surface area contributed by atoms with E-state index in [1.807, 2.05) is 6.92 Å². The Labute approximate surface area is 111 Å². The van der Waals surface area contributed by atoms with Gasteiger partial charge in [0.15, 0.2) is 5.72 Å². The normalized spacial score (nSPS) is 23.7. The molecule has 3 heteroatoms. The first-order valence-corrected chi connectivity index (χ1v) is 7.35. The van der Waals surface area contributed by atoms with Crippen LogP contribution in [0.2, 0.25) is 0 Å². The maximum absolute atomic E-state index is 12.2. The van der Waals surface area contributed by atoms with E-state index in [0.29, 0.717) is 19.4 Å². The van der Waals surface area contributed by atoms with E-state index < -0.39 is 5.72 Å². The molecule has 0 spiro atoms. The van der Waals surface area contributed by atoms with Gasteiger partial charge >= 0.3 is 0 Å². The second-order valence-electron chi connectivity index (χ2n) is 5.17. The number of carbonyl (C=O) groups excluding carboxylic acids is 1. The van der Waals surface area contributed by atoms with E-state index in [0.717, 1.165) is 37.7 Å². The van der Waals surface area contributed by atoms with Gasteiger partial charge in [0.25, 0.3) is 5.91 Å². The quantitative estimate of drug-likeness (QED) is 0.675. The molecule has 18 heavy (non-hydrogen) atoms. The van der Waals surface area contributed by atoms with Crippen LogP contribution in [0.15, 0.2) is 11.6 Å². The van der Waals surface area contributed by atoms with Crippen molar-refractivity contribution in [2.45, 2.75) is 71.4 Å². The molecule has 1 heterocycles. The van der Waals surface area contributed by atoms with Crippen LogP contribution in [0, 0.1) is 0 Å². The molecule has 0 aliphatic carbocycles. The first-order valence-electron chi connectivity index (χ1n) is 7.35. The molecule has 3 nitrogen and oxygen atoms in total. The number of aliphatic hydroxyl groups is 1. The van der Waals surface area contributed by atoms with Crippen molar-refractivity contribution in [1.82, 2.24) is 4.90 Å². The SMILES string of the molecule is CCCCCC1(O)C=C(CC)C(=O)N1CCCC. The highest BCUT2D eigenvalue weighted by molar-refractivity contribution is 5.96. The molecule has 1 atom stereocenters. The summed E-state index contributed by atoms with van der Waals surface area (Å²) in [6.45, 7) is 6.88. The average molecular weight is 253 g/mol. The lowest BCUT2D eigenvalue weighted by atomic mass is 10.0. The van der Waals surface area contributed by atoms with Gasteiger partial charge in [-0.05, 0) is 31.8 Å². The number of hydrogen-bond acceptors (Lipinski definition) is 2. The minimum absolute atomic E-state index is 0.0324. The smallest absolute Gasteiger partial charge is 0.252 e. The maximum atomic E-state index is 12.2. The molecule has 0 aromatic rings. The van der Waals surface area contributed by atoms with E-state index in [1.165, 1.54) is 0 Å². The lowest BCUT2D eigenvalue weighted by molar-refractivity contribution is -0.143. The van der Waals surface area contributed by atoms with Crippen LogP contribution >= 0.6 is 0 Å². The zero-order valence-electron chi connectivity index (χ0n) is 12.0. The fourth-order valence-electron chi connectivity index (χ4n) is 2.47. The average Bonchev–Trinajstić information content (AvgIpc) is 2.59. The summed E-state index contributed by atoms with van der Waals surface area (Å²) >= 11 is 0. The van der Waals surface area contributed by atoms with Crippen molar-refractivity contribution in [3.63, 3.8) is 0 Å². The van der Waals surface area contributed by atoms with Crippen LogP contribution in [0.3, 0.4) is 0 Å². The molecule has 0 radical (unpaired) electrons. The zero-order valence-corrected chi connectivity index (χ0v) is 12.0. The third-order valence-corrected chi connectivity index (χ3v) is 3.66. The minimum Gasteiger partial charge on any atom is -0.367 e. The summed E-state index contributed by atoms with van der Waals surface area (Å²) in [5, 5.41) is 10.7. The summed E-state index contributed by atoms with van der Waals surface area (Å²) in [4.78, 5) is 13.9. The molecular formula is C15H27NO2. The predicted molar refractivity (Wildman–Crippen MR) is 74.1 cm³/mol. The first-order chi connectivity index (χ1) is 8.59. The Morgan fingerprint density at radius 2 is 1.83 bits per heavy atom. The van der Waals surface area contributed by atoms with Crippen molar-refractivity contribution in [1.29, 1.82) is 0 Å². The highest BCUT2D eigenvalue weighted by Crippen LogP contribution is 2.32. The Balaban J connectivity index is 2.75. The summed E-state index contributed by atoms with van der Waals surface area (Å²) in [5.74, 6) is 0.0324. The Bertz CT molecular complexity index is 312. The molecule has 0 aromatic heterocycles. The molecule has 1 rings (SSSR count). The fraction of sp³-hybridized carbons (Fsp3) is 0.800. The van der Waals surface area contributed by atoms with Crippen LogP contribution in [-0.4, -0.2) is 28.2 Å². The monoisotopic (exact) mass is 253 g/mol. The van der Waals surface area contributed by atoms with Gasteiger partial charge in [0.05, 0.1) is 0 Å². The Morgan fingerprint density at radius 3 is 2.39 bits per heavy atom. The molecule has 1 N–H and O–H groups in total. The van der Waals surface area contributed by atoms with Gasteiger partial charge in [-0.25, -0.2) is 0 Å². The summed E-state index contributed by atoms with van der Waals surface area (Å²) in [7, 11) is 0. The molecule has 1 amide bonds. The molecule has 0 fully saturated rings. The van der Waals surface area contributed by atoms with Crippen molar-refractivity contribution in [3.05, 3.63) is 11.6 Å². The molecule has 0 saturated heterocycles. The van der Waals surface area contributed by atoms with Crippen molar-refractivity contribution < 1.29 is 9.90 Å². The van der Waals surface area contributed by atoms with E-state index in [4.69, 9.17) is 0 Å². The van der Waals surface area contributed by atoms with Crippen LogP contribution in [0.1, 0.15) is 65.7 Å². The van der Waals surface area contributed by atoms with Gasteiger partial charge in [-0.2, -0.15) is 0 Å². The van der Waals surface area contributed by atoms with Gasteiger partial charge in [-0.3, -0.25) is 4.79 Å². The molecule has 1 aliphatic rings. The van der Waals surface area contributed by atoms with Crippen LogP contribution in [-0.2, 0) is 4.79 Å². The Kier molecular flexibility index (Phi) is 5.86. The number of hydrogen-bond donors (Lipinski definition) is 1. The van der Waals surface area contributed by atoms with Crippen LogP contribution in [0.4, 0.5) is 0 Å². The summed E-state index contributed by atoms with van der Waals surface area (Å²) < 4.78 is 0. The van der Waals surface area contributed by atoms with E-state index in [-0.39, 0.29) is 5.91 Å². The number of amides is 1. The van der Waals surface area contributed by atoms with Gasteiger partial charge in [0, 0.05) is 12.1 Å². The van der Waals surface area contributed by atoms with Crippen molar-refractivity contribution in [2.75, 3.05) is 6.54 Å². The molecule has 0 saturated carbocycles. The van der Waals surface area contributed by atoms with E-state index in [1.54, 1.807) is 11.0 Å². The summed E-state index contributed by atoms with van der Waals surface area (Å²) in [6, 6.07) is 0. The lowest BCUT2D eigenvalue weighted by Crippen LogP contribution is -2.46. The molecule has 0 aromatic carbocycles. The third kappa shape index (κ3) is 3.35. The standard InChI is InChI=1S/C15H27NO2/c1-4-7-9-10-15(18)12-13(6-3)14(17)16(15)11-8-5-2/h12,18H,4-11H2,1-3H3. The van der Waals surface area contributed by atoms with E-state index in [9.17, 15) is 9.90 Å². The minimum atomic E-state index is -1.02. The number of rotatable bonds is 8. The van der Waals surface area contributed by atoms with Crippen LogP contribution in [0.25, 0.3) is 0 Å². The molecular weight excluding hydrogens is 226 g/mol. The zero-order chi connectivity index (χ0) is 13.6. The van der Waals surface area contributed by atoms with Gasteiger partial charge in [0.2, 0.25) is 0 Å². The Morgan fingerprint density at radius 1 is 1.17 bits per heavy atom. The third-order valence-electron chi connectivity index (χ3n) is 3.66.